The molecule has 0 saturated carbocycles. The van der Waals surface area contributed by atoms with Gasteiger partial charge in [0.1, 0.15) is 0 Å². The number of benzene rings is 2. The van der Waals surface area contributed by atoms with E-state index in [1.165, 1.54) is 0 Å². The normalized spacial score (nSPS) is 11.9. The summed E-state index contributed by atoms with van der Waals surface area (Å²) in [7, 11) is 0. The first-order valence-electron chi connectivity index (χ1n) is 6.93. The van der Waals surface area contributed by atoms with Gasteiger partial charge in [-0.15, -0.1) is 0 Å². The minimum atomic E-state index is -0.952. The molecule has 2 rings (SSSR count). The number of hydrogen-bond donors (Lipinski definition) is 3. The Balaban J connectivity index is 1.94. The standard InChI is InChI=1S/C17H18N2O3/c1-11(16(20)13-6-8-15(18)9-7-13)19-10-12-2-4-14(5-3-12)17(21)22/h2-9,11,19H,10,18H2,1H3,(H,21,22). The molecular formula is C17H18N2O3. The molecule has 5 heteroatoms. The van der Waals surface area contributed by atoms with Crippen LogP contribution in [-0.4, -0.2) is 22.9 Å². The maximum absolute atomic E-state index is 12.2. The lowest BCUT2D eigenvalue weighted by Crippen LogP contribution is -2.33. The van der Waals surface area contributed by atoms with Crippen LogP contribution in [0.4, 0.5) is 5.69 Å². The molecule has 0 bridgehead atoms. The zero-order valence-corrected chi connectivity index (χ0v) is 12.2. The molecule has 5 nitrogen and oxygen atoms in total. The van der Waals surface area contributed by atoms with E-state index in [9.17, 15) is 9.59 Å². The van der Waals surface area contributed by atoms with Crippen molar-refractivity contribution in [1.82, 2.24) is 5.32 Å². The first kappa shape index (κ1) is 15.7. The lowest BCUT2D eigenvalue weighted by atomic mass is 10.0. The highest BCUT2D eigenvalue weighted by molar-refractivity contribution is 6.00. The molecule has 0 saturated heterocycles. The Bertz CT molecular complexity index is 663. The summed E-state index contributed by atoms with van der Waals surface area (Å²) in [6.45, 7) is 2.28. The lowest BCUT2D eigenvalue weighted by Gasteiger charge is -2.13. The van der Waals surface area contributed by atoms with E-state index in [2.05, 4.69) is 5.32 Å². The molecule has 0 radical (unpaired) electrons. The second-order valence-corrected chi connectivity index (χ2v) is 5.09. The van der Waals surface area contributed by atoms with E-state index in [1.807, 2.05) is 0 Å². The van der Waals surface area contributed by atoms with Crippen molar-refractivity contribution in [2.75, 3.05) is 5.73 Å². The molecular weight excluding hydrogens is 280 g/mol. The van der Waals surface area contributed by atoms with Gasteiger partial charge in [0.2, 0.25) is 0 Å². The van der Waals surface area contributed by atoms with Crippen LogP contribution >= 0.6 is 0 Å². The van der Waals surface area contributed by atoms with E-state index in [-0.39, 0.29) is 17.4 Å². The van der Waals surface area contributed by atoms with Crippen molar-refractivity contribution in [2.45, 2.75) is 19.5 Å². The third kappa shape index (κ3) is 3.93. The van der Waals surface area contributed by atoms with E-state index < -0.39 is 5.97 Å². The Hall–Kier alpha value is -2.66. The molecule has 1 atom stereocenters. The van der Waals surface area contributed by atoms with Crippen LogP contribution in [0.15, 0.2) is 48.5 Å². The van der Waals surface area contributed by atoms with E-state index in [0.717, 1.165) is 5.56 Å². The Morgan fingerprint density at radius 3 is 2.14 bits per heavy atom. The zero-order valence-electron chi connectivity index (χ0n) is 12.2. The van der Waals surface area contributed by atoms with Crippen molar-refractivity contribution in [1.29, 1.82) is 0 Å². The van der Waals surface area contributed by atoms with Crippen LogP contribution in [0.2, 0.25) is 0 Å². The summed E-state index contributed by atoms with van der Waals surface area (Å²) in [6, 6.07) is 13.0. The third-order valence-corrected chi connectivity index (χ3v) is 3.40. The summed E-state index contributed by atoms with van der Waals surface area (Å²) in [4.78, 5) is 23.0. The van der Waals surface area contributed by atoms with Crippen LogP contribution in [0.3, 0.4) is 0 Å². The number of anilines is 1. The molecule has 0 fully saturated rings. The van der Waals surface area contributed by atoms with Gasteiger partial charge in [-0.2, -0.15) is 0 Å². The smallest absolute Gasteiger partial charge is 0.335 e. The summed E-state index contributed by atoms with van der Waals surface area (Å²) in [5.41, 5.74) is 7.99. The zero-order chi connectivity index (χ0) is 16.1. The number of ketones is 1. The van der Waals surface area contributed by atoms with Crippen LogP contribution in [-0.2, 0) is 6.54 Å². The van der Waals surface area contributed by atoms with E-state index in [1.54, 1.807) is 55.5 Å². The van der Waals surface area contributed by atoms with Gasteiger partial charge < -0.3 is 16.2 Å². The van der Waals surface area contributed by atoms with Gasteiger partial charge in [0.05, 0.1) is 11.6 Å². The molecule has 4 N–H and O–H groups in total. The first-order chi connectivity index (χ1) is 10.5. The minimum Gasteiger partial charge on any atom is -0.478 e. The van der Waals surface area contributed by atoms with Gasteiger partial charge in [0, 0.05) is 17.8 Å². The Labute approximate surface area is 128 Å². The van der Waals surface area contributed by atoms with Gasteiger partial charge in [-0.25, -0.2) is 4.79 Å². The van der Waals surface area contributed by atoms with Gasteiger partial charge in [0.25, 0.3) is 0 Å². The molecule has 2 aromatic carbocycles. The van der Waals surface area contributed by atoms with Gasteiger partial charge in [-0.3, -0.25) is 4.79 Å². The van der Waals surface area contributed by atoms with Crippen molar-refractivity contribution >= 4 is 17.4 Å². The SMILES string of the molecule is CC(NCc1ccc(C(=O)O)cc1)C(=O)c1ccc(N)cc1. The molecule has 0 heterocycles. The Morgan fingerprint density at radius 2 is 1.59 bits per heavy atom. The highest BCUT2D eigenvalue weighted by atomic mass is 16.4. The number of nitrogens with one attached hydrogen (secondary N) is 1. The Kier molecular flexibility index (Phi) is 4.91. The van der Waals surface area contributed by atoms with Gasteiger partial charge in [-0.1, -0.05) is 12.1 Å². The van der Waals surface area contributed by atoms with E-state index >= 15 is 0 Å². The number of carbonyl (C=O) groups excluding carboxylic acids is 1. The van der Waals surface area contributed by atoms with Gasteiger partial charge in [0.15, 0.2) is 5.78 Å². The quantitative estimate of drug-likeness (QED) is 0.562. The fourth-order valence-corrected chi connectivity index (χ4v) is 2.03. The van der Waals surface area contributed by atoms with Crippen LogP contribution in [0.5, 0.6) is 0 Å². The maximum atomic E-state index is 12.2. The number of Topliss-reactive ketones (excluding diaryl/α,β-unsaturated/α-hetero) is 1. The Morgan fingerprint density at radius 1 is 1.05 bits per heavy atom. The molecule has 0 amide bonds. The number of rotatable bonds is 6. The van der Waals surface area contributed by atoms with Crippen LogP contribution in [0, 0.1) is 0 Å². The first-order valence-corrected chi connectivity index (χ1v) is 6.93. The molecule has 1 unspecified atom stereocenters. The van der Waals surface area contributed by atoms with Crippen LogP contribution in [0.1, 0.15) is 33.2 Å². The summed E-state index contributed by atoms with van der Waals surface area (Å²) >= 11 is 0. The molecule has 0 aliphatic heterocycles. The highest BCUT2D eigenvalue weighted by Gasteiger charge is 2.14. The third-order valence-electron chi connectivity index (χ3n) is 3.40. The minimum absolute atomic E-state index is 0.0119. The summed E-state index contributed by atoms with van der Waals surface area (Å²) in [6.07, 6.45) is 0. The molecule has 22 heavy (non-hydrogen) atoms. The average molecular weight is 298 g/mol. The number of hydrogen-bond acceptors (Lipinski definition) is 4. The molecule has 0 aliphatic carbocycles. The van der Waals surface area contributed by atoms with E-state index in [0.29, 0.717) is 17.8 Å². The molecule has 114 valence electrons. The number of carbonyl (C=O) groups is 2. The number of carboxylic acids is 1. The summed E-state index contributed by atoms with van der Waals surface area (Å²) in [5, 5.41) is 12.0. The van der Waals surface area contributed by atoms with E-state index in [4.69, 9.17) is 10.8 Å². The fourth-order valence-electron chi connectivity index (χ4n) is 2.03. The van der Waals surface area contributed by atoms with Crippen molar-refractivity contribution in [3.63, 3.8) is 0 Å². The highest BCUT2D eigenvalue weighted by Crippen LogP contribution is 2.09. The largest absolute Gasteiger partial charge is 0.478 e. The van der Waals surface area contributed by atoms with Crippen molar-refractivity contribution in [3.05, 3.63) is 65.2 Å². The second kappa shape index (κ2) is 6.87. The second-order valence-electron chi connectivity index (χ2n) is 5.09. The van der Waals surface area contributed by atoms with Gasteiger partial charge in [-0.05, 0) is 48.9 Å². The monoisotopic (exact) mass is 298 g/mol. The molecule has 0 spiro atoms. The predicted molar refractivity (Wildman–Crippen MR) is 84.9 cm³/mol. The number of nitrogen functional groups attached to an aromatic ring is 1. The topological polar surface area (TPSA) is 92.4 Å². The predicted octanol–water partition coefficient (Wildman–Crippen LogP) is 2.33. The fraction of sp³-hybridized carbons (Fsp3) is 0.176. The summed E-state index contributed by atoms with van der Waals surface area (Å²) < 4.78 is 0. The summed E-state index contributed by atoms with van der Waals surface area (Å²) in [5.74, 6) is -0.964. The van der Waals surface area contributed by atoms with Gasteiger partial charge >= 0.3 is 5.97 Å². The molecule has 0 aliphatic rings. The number of nitrogens with two attached hydrogens (primary N) is 1. The number of carboxylic acid groups (broad SMARTS) is 1. The van der Waals surface area contributed by atoms with Crippen molar-refractivity contribution in [3.8, 4) is 0 Å². The molecule has 2 aromatic rings. The maximum Gasteiger partial charge on any atom is 0.335 e. The number of aromatic carboxylic acids is 1. The van der Waals surface area contributed by atoms with Crippen LogP contribution < -0.4 is 11.1 Å². The average Bonchev–Trinajstić information content (AvgIpc) is 2.53. The van der Waals surface area contributed by atoms with Crippen molar-refractivity contribution < 1.29 is 14.7 Å². The van der Waals surface area contributed by atoms with Crippen LogP contribution in [0.25, 0.3) is 0 Å². The molecule has 0 aromatic heterocycles. The lowest BCUT2D eigenvalue weighted by molar-refractivity contribution is 0.0696. The van der Waals surface area contributed by atoms with Crippen molar-refractivity contribution in [2.24, 2.45) is 0 Å².